The highest BCUT2D eigenvalue weighted by molar-refractivity contribution is 6.27. The summed E-state index contributed by atoms with van der Waals surface area (Å²) >= 11 is 5.83. The van der Waals surface area contributed by atoms with Crippen molar-refractivity contribution in [3.05, 3.63) is 0 Å². The molecule has 44 valence electrons. The van der Waals surface area contributed by atoms with E-state index in [1.807, 2.05) is 14.0 Å². The molecule has 3 heteroatoms. The monoisotopic (exact) mass is 137 g/mol. The van der Waals surface area contributed by atoms with Gasteiger partial charge in [-0.15, -0.1) is 11.6 Å². The van der Waals surface area contributed by atoms with Gasteiger partial charge in [-0.1, -0.05) is 0 Å². The van der Waals surface area contributed by atoms with Crippen LogP contribution >= 0.6 is 11.6 Å². The maximum Gasteiger partial charge on any atom is 0.0873 e. The van der Waals surface area contributed by atoms with Crippen LogP contribution < -0.4 is 5.32 Å². The lowest BCUT2D eigenvalue weighted by atomic mass is 10.4. The fraction of sp³-hybridized carbons (Fsp3) is 1.00. The van der Waals surface area contributed by atoms with Crippen molar-refractivity contribution in [1.82, 2.24) is 5.32 Å². The van der Waals surface area contributed by atoms with E-state index in [0.29, 0.717) is 0 Å². The topological polar surface area (TPSA) is 12.0 Å². The molecular formula is C4H12ClNSi. The Labute approximate surface area is 52.9 Å². The third-order valence-electron chi connectivity index (χ3n) is 1.19. The summed E-state index contributed by atoms with van der Waals surface area (Å²) in [5.74, 6) is 0. The summed E-state index contributed by atoms with van der Waals surface area (Å²) in [6.45, 7) is 1.99. The third kappa shape index (κ3) is 3.09. The molecule has 0 fully saturated rings. The molecule has 0 heterocycles. The minimum Gasteiger partial charge on any atom is -0.302 e. The van der Waals surface area contributed by atoms with Crippen molar-refractivity contribution in [3.63, 3.8) is 0 Å². The maximum atomic E-state index is 5.83. The number of alkyl halides is 1. The van der Waals surface area contributed by atoms with Crippen LogP contribution in [0.3, 0.4) is 0 Å². The van der Waals surface area contributed by atoms with Crippen LogP contribution in [0.15, 0.2) is 0 Å². The molecule has 0 bridgehead atoms. The number of hydrogen-bond acceptors (Lipinski definition) is 1. The van der Waals surface area contributed by atoms with E-state index in [2.05, 4.69) is 5.32 Å². The Morgan fingerprint density at radius 3 is 2.29 bits per heavy atom. The molecule has 0 spiro atoms. The van der Waals surface area contributed by atoms with Crippen molar-refractivity contribution in [2.24, 2.45) is 0 Å². The van der Waals surface area contributed by atoms with E-state index in [1.54, 1.807) is 0 Å². The van der Waals surface area contributed by atoms with Crippen LogP contribution in [0.1, 0.15) is 6.92 Å². The van der Waals surface area contributed by atoms with Crippen LogP contribution in [0.25, 0.3) is 0 Å². The van der Waals surface area contributed by atoms with Crippen LogP contribution in [0.2, 0.25) is 6.04 Å². The van der Waals surface area contributed by atoms with Gasteiger partial charge < -0.3 is 5.32 Å². The fourth-order valence-electron chi connectivity index (χ4n) is 0.177. The molecule has 0 radical (unpaired) electrons. The fourth-order valence-corrected chi connectivity index (χ4v) is 0.530. The molecule has 1 N–H and O–H groups in total. The van der Waals surface area contributed by atoms with E-state index < -0.39 is 0 Å². The highest BCUT2D eigenvalue weighted by Crippen LogP contribution is 2.11. The van der Waals surface area contributed by atoms with Gasteiger partial charge in [0.15, 0.2) is 0 Å². The van der Waals surface area contributed by atoms with Gasteiger partial charge in [0.05, 0.1) is 5.00 Å². The smallest absolute Gasteiger partial charge is 0.0873 e. The standard InChI is InChI=1S/C4H12ClNSi/c1-4(5,3-7)6-2/h6H,3H2,1-2,7H3. The predicted molar refractivity (Wildman–Crippen MR) is 38.1 cm³/mol. The van der Waals surface area contributed by atoms with E-state index in [4.69, 9.17) is 11.6 Å². The molecule has 0 aromatic heterocycles. The van der Waals surface area contributed by atoms with E-state index in [1.165, 1.54) is 0 Å². The Morgan fingerprint density at radius 2 is 2.29 bits per heavy atom. The van der Waals surface area contributed by atoms with E-state index in [9.17, 15) is 0 Å². The van der Waals surface area contributed by atoms with Gasteiger partial charge >= 0.3 is 0 Å². The molecule has 0 aliphatic carbocycles. The second kappa shape index (κ2) is 2.70. The van der Waals surface area contributed by atoms with Crippen molar-refractivity contribution in [2.75, 3.05) is 7.05 Å². The molecule has 1 atom stereocenters. The van der Waals surface area contributed by atoms with E-state index in [-0.39, 0.29) is 5.00 Å². The lowest BCUT2D eigenvalue weighted by Gasteiger charge is -2.17. The summed E-state index contributed by atoms with van der Waals surface area (Å²) in [5.41, 5.74) is 0. The summed E-state index contributed by atoms with van der Waals surface area (Å²) in [5, 5.41) is 2.99. The molecule has 0 aliphatic heterocycles. The van der Waals surface area contributed by atoms with Crippen molar-refractivity contribution < 1.29 is 0 Å². The van der Waals surface area contributed by atoms with Gasteiger partial charge in [0, 0.05) is 10.2 Å². The Bertz CT molecular complexity index is 49.7. The summed E-state index contributed by atoms with van der Waals surface area (Å²) in [6.07, 6.45) is 0. The first kappa shape index (κ1) is 7.47. The lowest BCUT2D eigenvalue weighted by Crippen LogP contribution is -2.32. The van der Waals surface area contributed by atoms with Gasteiger partial charge in [0.1, 0.15) is 0 Å². The van der Waals surface area contributed by atoms with Gasteiger partial charge in [-0.05, 0) is 20.0 Å². The van der Waals surface area contributed by atoms with Crippen molar-refractivity contribution >= 4 is 21.8 Å². The lowest BCUT2D eigenvalue weighted by molar-refractivity contribution is 0.596. The Hall–Kier alpha value is 0.467. The predicted octanol–water partition coefficient (Wildman–Crippen LogP) is -0.0555. The largest absolute Gasteiger partial charge is 0.302 e. The van der Waals surface area contributed by atoms with Crippen molar-refractivity contribution in [1.29, 1.82) is 0 Å². The number of halogens is 1. The van der Waals surface area contributed by atoms with Gasteiger partial charge in [-0.25, -0.2) is 0 Å². The van der Waals surface area contributed by atoms with Gasteiger partial charge in [0.2, 0.25) is 0 Å². The van der Waals surface area contributed by atoms with Gasteiger partial charge in [-0.3, -0.25) is 0 Å². The first-order chi connectivity index (χ1) is 3.12. The van der Waals surface area contributed by atoms with Crippen LogP contribution in [0, 0.1) is 0 Å². The molecule has 0 aromatic rings. The molecule has 0 amide bonds. The van der Waals surface area contributed by atoms with E-state index in [0.717, 1.165) is 16.3 Å². The minimum atomic E-state index is -0.133. The average molecular weight is 138 g/mol. The Kier molecular flexibility index (Phi) is 2.88. The second-order valence-electron chi connectivity index (χ2n) is 1.80. The normalized spacial score (nSPS) is 19.3. The van der Waals surface area contributed by atoms with E-state index >= 15 is 0 Å². The molecule has 7 heavy (non-hydrogen) atoms. The minimum absolute atomic E-state index is 0.133. The highest BCUT2D eigenvalue weighted by atomic mass is 35.5. The summed E-state index contributed by atoms with van der Waals surface area (Å²) in [6, 6.07) is 1.09. The molecule has 0 aliphatic rings. The maximum absolute atomic E-state index is 5.83. The zero-order valence-corrected chi connectivity index (χ0v) is 7.84. The van der Waals surface area contributed by atoms with Crippen molar-refractivity contribution in [3.8, 4) is 0 Å². The second-order valence-corrected chi connectivity index (χ2v) is 3.34. The Morgan fingerprint density at radius 1 is 1.86 bits per heavy atom. The first-order valence-electron chi connectivity index (χ1n) is 2.50. The summed E-state index contributed by atoms with van der Waals surface area (Å²) < 4.78 is 0. The SMILES string of the molecule is CNC(C)(Cl)C[SiH3]. The molecule has 0 rings (SSSR count). The zero-order chi connectivity index (χ0) is 5.91. The van der Waals surface area contributed by atoms with Crippen LogP contribution in [0.5, 0.6) is 0 Å². The summed E-state index contributed by atoms with van der Waals surface area (Å²) in [4.78, 5) is -0.133. The van der Waals surface area contributed by atoms with Crippen LogP contribution in [-0.4, -0.2) is 22.3 Å². The molecule has 1 nitrogen and oxygen atoms in total. The quantitative estimate of drug-likeness (QED) is 0.320. The van der Waals surface area contributed by atoms with Crippen LogP contribution in [-0.2, 0) is 0 Å². The van der Waals surface area contributed by atoms with Gasteiger partial charge in [-0.2, -0.15) is 0 Å². The number of hydrogen-bond donors (Lipinski definition) is 1. The van der Waals surface area contributed by atoms with Crippen LogP contribution in [0.4, 0.5) is 0 Å². The molecule has 1 unspecified atom stereocenters. The van der Waals surface area contributed by atoms with Crippen molar-refractivity contribution in [2.45, 2.75) is 18.0 Å². The molecule has 0 saturated carbocycles. The number of nitrogens with one attached hydrogen (secondary N) is 1. The van der Waals surface area contributed by atoms with Gasteiger partial charge in [0.25, 0.3) is 0 Å². The summed E-state index contributed by atoms with van der Waals surface area (Å²) in [7, 11) is 3.04. The molecule has 0 aromatic carbocycles. The average Bonchev–Trinajstić information content (AvgIpc) is 1.68. The molecule has 0 saturated heterocycles. The molecular weight excluding hydrogens is 126 g/mol. The first-order valence-corrected chi connectivity index (χ1v) is 4.29. The third-order valence-corrected chi connectivity index (χ3v) is 3.50. The zero-order valence-electron chi connectivity index (χ0n) is 5.09. The number of rotatable bonds is 2. The highest BCUT2D eigenvalue weighted by Gasteiger charge is 2.12. The Balaban J connectivity index is 3.36.